The molecule has 3 saturated carbocycles. The summed E-state index contributed by atoms with van der Waals surface area (Å²) >= 11 is 0. The summed E-state index contributed by atoms with van der Waals surface area (Å²) in [6.45, 7) is 13.6. The summed E-state index contributed by atoms with van der Waals surface area (Å²) in [5.41, 5.74) is -1.90. The second kappa shape index (κ2) is 12.4. The topological polar surface area (TPSA) is 194 Å². The normalized spacial score (nSPS) is 49.0. The molecule has 15 atom stereocenters. The highest BCUT2D eigenvalue weighted by molar-refractivity contribution is 5.80. The van der Waals surface area contributed by atoms with E-state index in [0.717, 1.165) is 24.8 Å². The number of ketones is 1. The zero-order valence-electron chi connectivity index (χ0n) is 29.1. The first kappa shape index (κ1) is 36.8. The number of carbonyl (C=O) groups excluding carboxylic acids is 1. The zero-order valence-corrected chi connectivity index (χ0v) is 29.1. The Balaban J connectivity index is 1.42. The molecule has 5 aliphatic rings. The molecule has 1 aliphatic heterocycles. The first-order valence-corrected chi connectivity index (χ1v) is 17.5. The van der Waals surface area contributed by atoms with Crippen LogP contribution < -0.4 is 0 Å². The minimum absolute atomic E-state index is 0.0840. The number of carbonyl (C=O) groups is 2. The van der Waals surface area contributed by atoms with Crippen molar-refractivity contribution in [2.24, 2.45) is 44.8 Å². The van der Waals surface area contributed by atoms with Gasteiger partial charge >= 0.3 is 5.97 Å². The van der Waals surface area contributed by atoms with Gasteiger partial charge in [0.05, 0.1) is 30.3 Å². The Morgan fingerprint density at radius 1 is 0.957 bits per heavy atom. The Kier molecular flexibility index (Phi) is 9.72. The predicted molar refractivity (Wildman–Crippen MR) is 171 cm³/mol. The van der Waals surface area contributed by atoms with Crippen LogP contribution in [-0.4, -0.2) is 103 Å². The van der Waals surface area contributed by atoms with E-state index in [0.29, 0.717) is 25.7 Å². The number of aliphatic hydroxyl groups excluding tert-OH is 6. The molecule has 7 N–H and O–H groups in total. The summed E-state index contributed by atoms with van der Waals surface area (Å²) in [4.78, 5) is 24.8. The molecule has 0 aromatic carbocycles. The lowest BCUT2D eigenvalue weighted by molar-refractivity contribution is -0.330. The van der Waals surface area contributed by atoms with E-state index in [-0.39, 0.29) is 46.4 Å². The number of rotatable bonds is 8. The molecule has 15 unspecified atom stereocenters. The van der Waals surface area contributed by atoms with E-state index in [1.807, 2.05) is 0 Å². The summed E-state index contributed by atoms with van der Waals surface area (Å²) in [6, 6.07) is 0. The molecule has 5 rings (SSSR count). The van der Waals surface area contributed by atoms with Gasteiger partial charge in [0, 0.05) is 5.92 Å². The van der Waals surface area contributed by atoms with Crippen LogP contribution in [0.5, 0.6) is 0 Å². The van der Waals surface area contributed by atoms with Crippen molar-refractivity contribution in [2.45, 2.75) is 149 Å². The lowest BCUT2D eigenvalue weighted by Gasteiger charge is -2.71. The molecule has 0 aromatic rings. The molecule has 0 radical (unpaired) electrons. The second-order valence-corrected chi connectivity index (χ2v) is 17.1. The second-order valence-electron chi connectivity index (χ2n) is 17.1. The number of ether oxygens (including phenoxy) is 2. The minimum Gasteiger partial charge on any atom is -0.481 e. The van der Waals surface area contributed by atoms with Gasteiger partial charge in [-0.3, -0.25) is 9.59 Å². The van der Waals surface area contributed by atoms with Gasteiger partial charge in [-0.1, -0.05) is 47.6 Å². The van der Waals surface area contributed by atoms with Gasteiger partial charge in [-0.2, -0.15) is 0 Å². The van der Waals surface area contributed by atoms with E-state index in [4.69, 9.17) is 9.47 Å². The molecule has 1 saturated heterocycles. The average Bonchev–Trinajstić information content (AvgIpc) is 3.00. The molecule has 4 fully saturated rings. The lowest BCUT2D eigenvalue weighted by Crippen LogP contribution is -2.66. The van der Waals surface area contributed by atoms with E-state index < -0.39 is 72.2 Å². The van der Waals surface area contributed by atoms with Crippen LogP contribution >= 0.6 is 0 Å². The molecule has 47 heavy (non-hydrogen) atoms. The van der Waals surface area contributed by atoms with Gasteiger partial charge in [-0.25, -0.2) is 0 Å². The molecule has 4 aliphatic carbocycles. The third-order valence-corrected chi connectivity index (χ3v) is 14.6. The van der Waals surface area contributed by atoms with Crippen LogP contribution in [0.4, 0.5) is 0 Å². The molecule has 11 nitrogen and oxygen atoms in total. The fourth-order valence-electron chi connectivity index (χ4n) is 11.1. The van der Waals surface area contributed by atoms with Crippen LogP contribution in [0, 0.1) is 44.8 Å². The van der Waals surface area contributed by atoms with Gasteiger partial charge in [-0.15, -0.1) is 0 Å². The first-order valence-electron chi connectivity index (χ1n) is 17.5. The number of fused-ring (bicyclic) bond motifs is 5. The number of aliphatic hydroxyl groups is 6. The maximum Gasteiger partial charge on any atom is 0.313 e. The zero-order chi connectivity index (χ0) is 35.1. The molecule has 11 heteroatoms. The van der Waals surface area contributed by atoms with Crippen molar-refractivity contribution >= 4 is 11.8 Å². The number of carboxylic acid groups (broad SMARTS) is 1. The maximum atomic E-state index is 12.8. The van der Waals surface area contributed by atoms with Crippen LogP contribution in [0.2, 0.25) is 0 Å². The van der Waals surface area contributed by atoms with Crippen LogP contribution in [0.3, 0.4) is 0 Å². The fourth-order valence-corrected chi connectivity index (χ4v) is 11.1. The highest BCUT2D eigenvalue weighted by atomic mass is 16.7. The number of hydrogen-bond acceptors (Lipinski definition) is 10. The van der Waals surface area contributed by atoms with Crippen molar-refractivity contribution < 1.29 is 54.8 Å². The highest BCUT2D eigenvalue weighted by Crippen LogP contribution is 2.74. The molecule has 268 valence electrons. The highest BCUT2D eigenvalue weighted by Gasteiger charge is 2.69. The SMILES string of the molecule is CC(=O)C(C)C(O)CC1(C(=O)O)C=C2C(O)CC3C4(C)CCC(OC5OC(CO)C(O)C(O)C5O)C(C)(C)C4CCC3(C)C2(C)CC1. The standard InChI is InChI=1S/C36H58O11/c1-18(19(2)38)22(40)16-36(31(44)45)13-12-34(6)20(15-36)21(39)14-25-33(5)10-9-26(32(3,4)24(33)8-11-35(25,34)7)47-30-29(43)28(42)27(41)23(17-37)46-30/h15,18,21-30,37,39-43H,8-14,16-17H2,1-7H3,(H,44,45). The molecular formula is C36H58O11. The molecular weight excluding hydrogens is 608 g/mol. The summed E-state index contributed by atoms with van der Waals surface area (Å²) in [5.74, 6) is -1.62. The molecule has 0 spiro atoms. The van der Waals surface area contributed by atoms with Crippen LogP contribution in [0.1, 0.15) is 99.8 Å². The van der Waals surface area contributed by atoms with Gasteiger partial charge in [0.2, 0.25) is 0 Å². The Bertz CT molecular complexity index is 1250. The summed E-state index contributed by atoms with van der Waals surface area (Å²) in [7, 11) is 0. The maximum absolute atomic E-state index is 12.8. The summed E-state index contributed by atoms with van der Waals surface area (Å²) < 4.78 is 12.1. The van der Waals surface area contributed by atoms with E-state index >= 15 is 0 Å². The lowest BCUT2D eigenvalue weighted by atomic mass is 9.34. The molecule has 0 amide bonds. The third-order valence-electron chi connectivity index (χ3n) is 14.6. The summed E-state index contributed by atoms with van der Waals surface area (Å²) in [5, 5.41) is 74.2. The molecule has 0 aromatic heterocycles. The number of Topliss-reactive ketones (excluding diaryl/α,β-unsaturated/α-hetero) is 1. The summed E-state index contributed by atoms with van der Waals surface area (Å²) in [6.07, 6.45) is -2.81. The van der Waals surface area contributed by atoms with Crippen molar-refractivity contribution in [3.8, 4) is 0 Å². The van der Waals surface area contributed by atoms with Gasteiger partial charge in [0.1, 0.15) is 30.2 Å². The van der Waals surface area contributed by atoms with Crippen molar-refractivity contribution in [1.82, 2.24) is 0 Å². The van der Waals surface area contributed by atoms with E-state index in [1.165, 1.54) is 6.92 Å². The van der Waals surface area contributed by atoms with Crippen molar-refractivity contribution in [3.63, 3.8) is 0 Å². The first-order chi connectivity index (χ1) is 21.7. The van der Waals surface area contributed by atoms with Crippen molar-refractivity contribution in [3.05, 3.63) is 11.6 Å². The smallest absolute Gasteiger partial charge is 0.313 e. The van der Waals surface area contributed by atoms with Gasteiger partial charge < -0.3 is 45.2 Å². The number of aliphatic carboxylic acids is 1. The van der Waals surface area contributed by atoms with E-state index in [2.05, 4.69) is 34.6 Å². The third kappa shape index (κ3) is 5.55. The Morgan fingerprint density at radius 2 is 1.62 bits per heavy atom. The quantitative estimate of drug-likeness (QED) is 0.149. The van der Waals surface area contributed by atoms with Gasteiger partial charge in [0.15, 0.2) is 6.29 Å². The Hall–Kier alpha value is -1.44. The van der Waals surface area contributed by atoms with Gasteiger partial charge in [0.25, 0.3) is 0 Å². The average molecular weight is 667 g/mol. The monoisotopic (exact) mass is 666 g/mol. The van der Waals surface area contributed by atoms with Crippen molar-refractivity contribution in [2.75, 3.05) is 6.61 Å². The fraction of sp³-hybridized carbons (Fsp3) is 0.889. The molecule has 0 bridgehead atoms. The predicted octanol–water partition coefficient (Wildman–Crippen LogP) is 2.57. The van der Waals surface area contributed by atoms with Crippen LogP contribution in [-0.2, 0) is 19.1 Å². The Labute approximate surface area is 278 Å². The van der Waals surface area contributed by atoms with Gasteiger partial charge in [-0.05, 0) is 97.4 Å². The number of carboxylic acids is 1. The van der Waals surface area contributed by atoms with Crippen LogP contribution in [0.25, 0.3) is 0 Å². The molecule has 1 heterocycles. The van der Waals surface area contributed by atoms with Crippen LogP contribution in [0.15, 0.2) is 11.6 Å². The Morgan fingerprint density at radius 3 is 2.21 bits per heavy atom. The van der Waals surface area contributed by atoms with E-state index in [1.54, 1.807) is 13.0 Å². The number of hydrogen-bond donors (Lipinski definition) is 7. The van der Waals surface area contributed by atoms with Crippen molar-refractivity contribution in [1.29, 1.82) is 0 Å². The minimum atomic E-state index is -1.51. The van der Waals surface area contributed by atoms with E-state index in [9.17, 15) is 45.3 Å². The largest absolute Gasteiger partial charge is 0.481 e.